The summed E-state index contributed by atoms with van der Waals surface area (Å²) in [7, 11) is 0. The number of carbonyl (C=O) groups excluding carboxylic acids is 1. The Morgan fingerprint density at radius 2 is 2.00 bits per heavy atom. The third-order valence-electron chi connectivity index (χ3n) is 3.53. The first-order valence-corrected chi connectivity index (χ1v) is 7.09. The molecular weight excluding hydrogens is 298 g/mol. The van der Waals surface area contributed by atoms with Crippen molar-refractivity contribution in [3.05, 3.63) is 60.2 Å². The van der Waals surface area contributed by atoms with Gasteiger partial charge in [0.05, 0.1) is 18.4 Å². The minimum Gasteiger partial charge on any atom is -0.472 e. The molecule has 3 heterocycles. The van der Waals surface area contributed by atoms with E-state index in [0.717, 1.165) is 5.56 Å². The van der Waals surface area contributed by atoms with Crippen molar-refractivity contribution in [3.8, 4) is 22.8 Å². The largest absolute Gasteiger partial charge is 0.472 e. The Bertz CT molecular complexity index is 835. The molecule has 0 fully saturated rings. The molecular formula is C17H13NO5. The van der Waals surface area contributed by atoms with Gasteiger partial charge in [-0.05, 0) is 36.4 Å². The summed E-state index contributed by atoms with van der Waals surface area (Å²) in [5.41, 5.74) is 1.37. The second-order valence-corrected chi connectivity index (χ2v) is 5.03. The van der Waals surface area contributed by atoms with Gasteiger partial charge in [0.15, 0.2) is 11.5 Å². The first-order chi connectivity index (χ1) is 11.3. The molecule has 0 saturated carbocycles. The average molecular weight is 311 g/mol. The van der Waals surface area contributed by atoms with Crippen LogP contribution in [0, 0.1) is 0 Å². The Balaban J connectivity index is 1.42. The molecule has 6 heteroatoms. The predicted octanol–water partition coefficient (Wildman–Crippen LogP) is 3.20. The maximum Gasteiger partial charge on any atom is 0.251 e. The van der Waals surface area contributed by atoms with Gasteiger partial charge in [0.1, 0.15) is 17.8 Å². The first kappa shape index (κ1) is 13.5. The predicted molar refractivity (Wildman–Crippen MR) is 80.1 cm³/mol. The third-order valence-corrected chi connectivity index (χ3v) is 3.53. The van der Waals surface area contributed by atoms with Crippen LogP contribution in [0.1, 0.15) is 16.1 Å². The van der Waals surface area contributed by atoms with Crippen molar-refractivity contribution in [2.45, 2.75) is 6.54 Å². The highest BCUT2D eigenvalue weighted by atomic mass is 16.7. The highest BCUT2D eigenvalue weighted by Crippen LogP contribution is 2.32. The van der Waals surface area contributed by atoms with Gasteiger partial charge in [-0.3, -0.25) is 4.79 Å². The van der Waals surface area contributed by atoms with Gasteiger partial charge in [0, 0.05) is 5.56 Å². The molecule has 0 spiro atoms. The number of fused-ring (bicyclic) bond motifs is 1. The number of rotatable bonds is 4. The zero-order chi connectivity index (χ0) is 15.6. The van der Waals surface area contributed by atoms with E-state index in [2.05, 4.69) is 5.32 Å². The lowest BCUT2D eigenvalue weighted by Crippen LogP contribution is -2.22. The van der Waals surface area contributed by atoms with Gasteiger partial charge in [0.25, 0.3) is 5.91 Å². The van der Waals surface area contributed by atoms with E-state index in [1.165, 1.54) is 0 Å². The molecule has 1 aliphatic rings. The van der Waals surface area contributed by atoms with Crippen molar-refractivity contribution in [1.29, 1.82) is 0 Å². The maximum atomic E-state index is 12.2. The fourth-order valence-electron chi connectivity index (χ4n) is 2.34. The Morgan fingerprint density at radius 3 is 2.87 bits per heavy atom. The second-order valence-electron chi connectivity index (χ2n) is 5.03. The minimum absolute atomic E-state index is 0.184. The van der Waals surface area contributed by atoms with Gasteiger partial charge in [-0.15, -0.1) is 0 Å². The number of furan rings is 2. The number of carbonyl (C=O) groups is 1. The van der Waals surface area contributed by atoms with E-state index in [1.807, 2.05) is 18.2 Å². The van der Waals surface area contributed by atoms with Gasteiger partial charge in [-0.1, -0.05) is 0 Å². The monoisotopic (exact) mass is 311 g/mol. The molecule has 23 heavy (non-hydrogen) atoms. The van der Waals surface area contributed by atoms with Crippen LogP contribution in [0.4, 0.5) is 0 Å². The molecule has 0 unspecified atom stereocenters. The van der Waals surface area contributed by atoms with Crippen molar-refractivity contribution < 1.29 is 23.1 Å². The number of hydrogen-bond acceptors (Lipinski definition) is 5. The van der Waals surface area contributed by atoms with Crippen molar-refractivity contribution in [2.75, 3.05) is 6.79 Å². The van der Waals surface area contributed by atoms with Crippen LogP contribution in [-0.2, 0) is 6.54 Å². The number of ether oxygens (including phenoxy) is 2. The fraction of sp³-hybridized carbons (Fsp3) is 0.118. The molecule has 0 radical (unpaired) electrons. The van der Waals surface area contributed by atoms with E-state index in [4.69, 9.17) is 18.3 Å². The van der Waals surface area contributed by atoms with Crippen LogP contribution in [0.25, 0.3) is 11.3 Å². The lowest BCUT2D eigenvalue weighted by atomic mass is 10.2. The molecule has 1 aromatic carbocycles. The molecule has 4 rings (SSSR count). The Labute approximate surface area is 131 Å². The van der Waals surface area contributed by atoms with Crippen LogP contribution in [0.5, 0.6) is 11.5 Å². The van der Waals surface area contributed by atoms with E-state index in [9.17, 15) is 4.79 Å². The van der Waals surface area contributed by atoms with E-state index in [1.54, 1.807) is 30.7 Å². The molecule has 0 atom stereocenters. The van der Waals surface area contributed by atoms with Gasteiger partial charge in [-0.25, -0.2) is 0 Å². The lowest BCUT2D eigenvalue weighted by molar-refractivity contribution is 0.0947. The van der Waals surface area contributed by atoms with Crippen molar-refractivity contribution in [1.82, 2.24) is 5.32 Å². The van der Waals surface area contributed by atoms with Crippen LogP contribution >= 0.6 is 0 Å². The van der Waals surface area contributed by atoms with Gasteiger partial charge >= 0.3 is 0 Å². The number of benzene rings is 1. The Hall–Kier alpha value is -3.15. The summed E-state index contributed by atoms with van der Waals surface area (Å²) < 4.78 is 21.2. The van der Waals surface area contributed by atoms with E-state index in [-0.39, 0.29) is 12.7 Å². The van der Waals surface area contributed by atoms with Gasteiger partial charge in [-0.2, -0.15) is 0 Å². The van der Waals surface area contributed by atoms with Crippen LogP contribution in [0.2, 0.25) is 0 Å². The van der Waals surface area contributed by atoms with Crippen LogP contribution < -0.4 is 14.8 Å². The zero-order valence-corrected chi connectivity index (χ0v) is 12.1. The normalized spacial score (nSPS) is 12.3. The molecule has 116 valence electrons. The van der Waals surface area contributed by atoms with Crippen molar-refractivity contribution in [2.24, 2.45) is 0 Å². The molecule has 0 aliphatic carbocycles. The Morgan fingerprint density at radius 1 is 1.09 bits per heavy atom. The summed E-state index contributed by atoms with van der Waals surface area (Å²) >= 11 is 0. The van der Waals surface area contributed by atoms with Crippen LogP contribution in [-0.4, -0.2) is 12.7 Å². The van der Waals surface area contributed by atoms with Gasteiger partial charge in [0.2, 0.25) is 6.79 Å². The summed E-state index contributed by atoms with van der Waals surface area (Å²) in [4.78, 5) is 12.2. The summed E-state index contributed by atoms with van der Waals surface area (Å²) in [6.45, 7) is 0.481. The molecule has 1 amide bonds. The van der Waals surface area contributed by atoms with Crippen LogP contribution in [0.3, 0.4) is 0 Å². The zero-order valence-electron chi connectivity index (χ0n) is 12.1. The molecule has 2 aromatic heterocycles. The standard InChI is InChI=1S/C17H13NO5/c19-17(11-1-3-15-16(7-11)22-10-21-15)18-8-13-2-4-14(23-13)12-5-6-20-9-12/h1-7,9H,8,10H2,(H,18,19). The SMILES string of the molecule is O=C(NCc1ccc(-c2ccoc2)o1)c1ccc2c(c1)OCO2. The first-order valence-electron chi connectivity index (χ1n) is 7.09. The number of hydrogen-bond donors (Lipinski definition) is 1. The minimum atomic E-state index is -0.204. The highest BCUT2D eigenvalue weighted by Gasteiger charge is 2.16. The molecule has 3 aromatic rings. The molecule has 0 bridgehead atoms. The Kier molecular flexibility index (Phi) is 3.27. The fourth-order valence-corrected chi connectivity index (χ4v) is 2.34. The maximum absolute atomic E-state index is 12.2. The number of nitrogens with one attached hydrogen (secondary N) is 1. The van der Waals surface area contributed by atoms with E-state index < -0.39 is 0 Å². The highest BCUT2D eigenvalue weighted by molar-refractivity contribution is 5.94. The van der Waals surface area contributed by atoms with E-state index in [0.29, 0.717) is 35.1 Å². The smallest absolute Gasteiger partial charge is 0.251 e. The summed E-state index contributed by atoms with van der Waals surface area (Å²) in [6.07, 6.45) is 3.19. The molecule has 0 saturated heterocycles. The summed E-state index contributed by atoms with van der Waals surface area (Å²) in [5.74, 6) is 2.39. The molecule has 1 N–H and O–H groups in total. The van der Waals surface area contributed by atoms with Crippen molar-refractivity contribution >= 4 is 5.91 Å². The summed E-state index contributed by atoms with van der Waals surface area (Å²) in [5, 5.41) is 2.81. The summed E-state index contributed by atoms with van der Waals surface area (Å²) in [6, 6.07) is 10.6. The number of amides is 1. The van der Waals surface area contributed by atoms with Crippen LogP contribution in [0.15, 0.2) is 57.8 Å². The third kappa shape index (κ3) is 2.66. The average Bonchev–Trinajstić information content (AvgIpc) is 3.32. The molecule has 6 nitrogen and oxygen atoms in total. The van der Waals surface area contributed by atoms with Crippen molar-refractivity contribution in [3.63, 3.8) is 0 Å². The van der Waals surface area contributed by atoms with E-state index >= 15 is 0 Å². The quantitative estimate of drug-likeness (QED) is 0.801. The van der Waals surface area contributed by atoms with Gasteiger partial charge < -0.3 is 23.6 Å². The lowest BCUT2D eigenvalue weighted by Gasteiger charge is -2.04. The second kappa shape index (κ2) is 5.57. The molecule has 1 aliphatic heterocycles. The topological polar surface area (TPSA) is 73.8 Å².